The van der Waals surface area contributed by atoms with Gasteiger partial charge in [-0.05, 0) is 36.6 Å². The highest BCUT2D eigenvalue weighted by molar-refractivity contribution is 5.79. The Kier molecular flexibility index (Phi) is 7.41. The fourth-order valence-corrected chi connectivity index (χ4v) is 3.04. The molecule has 3 aromatic rings. The van der Waals surface area contributed by atoms with Crippen molar-refractivity contribution in [2.24, 2.45) is 4.99 Å². The molecule has 3 rings (SSSR count). The van der Waals surface area contributed by atoms with E-state index in [0.29, 0.717) is 19.0 Å². The number of aromatic nitrogens is 2. The van der Waals surface area contributed by atoms with Gasteiger partial charge in [-0.1, -0.05) is 54.1 Å². The minimum Gasteiger partial charge on any atom is -0.387 e. The van der Waals surface area contributed by atoms with Gasteiger partial charge in [-0.25, -0.2) is 4.99 Å². The molecule has 0 bridgehead atoms. The Morgan fingerprint density at radius 2 is 1.83 bits per heavy atom. The van der Waals surface area contributed by atoms with E-state index >= 15 is 0 Å². The van der Waals surface area contributed by atoms with Gasteiger partial charge in [0.1, 0.15) is 0 Å². The molecule has 0 fully saturated rings. The third-order valence-electron chi connectivity index (χ3n) is 4.69. The Morgan fingerprint density at radius 3 is 2.52 bits per heavy atom. The number of aliphatic hydroxyl groups excluding tert-OH is 1. The van der Waals surface area contributed by atoms with E-state index in [-0.39, 0.29) is 0 Å². The molecule has 6 nitrogen and oxygen atoms in total. The summed E-state index contributed by atoms with van der Waals surface area (Å²) in [4.78, 5) is 4.71. The summed E-state index contributed by atoms with van der Waals surface area (Å²) >= 11 is 0. The molecule has 0 saturated carbocycles. The highest BCUT2D eigenvalue weighted by atomic mass is 16.3. The second-order valence-electron chi connectivity index (χ2n) is 6.97. The number of aliphatic imine (C=N–C) groups is 1. The molecule has 6 heteroatoms. The average Bonchev–Trinajstić information content (AvgIpc) is 3.24. The van der Waals surface area contributed by atoms with Crippen molar-refractivity contribution in [2.75, 3.05) is 13.1 Å². The first-order valence-corrected chi connectivity index (χ1v) is 9.96. The minimum absolute atomic E-state index is 0.393. The van der Waals surface area contributed by atoms with E-state index in [1.807, 2.05) is 67.2 Å². The van der Waals surface area contributed by atoms with Crippen LogP contribution in [0.1, 0.15) is 35.3 Å². The van der Waals surface area contributed by atoms with Crippen LogP contribution < -0.4 is 10.6 Å². The number of hydrogen-bond acceptors (Lipinski definition) is 3. The summed E-state index contributed by atoms with van der Waals surface area (Å²) in [6, 6.07) is 18.1. The van der Waals surface area contributed by atoms with Gasteiger partial charge < -0.3 is 15.7 Å². The van der Waals surface area contributed by atoms with Gasteiger partial charge in [0, 0.05) is 25.5 Å². The summed E-state index contributed by atoms with van der Waals surface area (Å²) in [6.45, 7) is 6.47. The molecule has 1 unspecified atom stereocenters. The molecule has 0 radical (unpaired) electrons. The minimum atomic E-state index is -0.591. The summed E-state index contributed by atoms with van der Waals surface area (Å²) in [7, 11) is 0. The lowest BCUT2D eigenvalue weighted by atomic mass is 10.1. The number of benzene rings is 2. The Balaban J connectivity index is 1.64. The zero-order chi connectivity index (χ0) is 20.5. The maximum atomic E-state index is 10.4. The van der Waals surface area contributed by atoms with Gasteiger partial charge in [0.25, 0.3) is 0 Å². The van der Waals surface area contributed by atoms with Crippen molar-refractivity contribution in [1.29, 1.82) is 0 Å². The summed E-state index contributed by atoms with van der Waals surface area (Å²) in [5.74, 6) is 0.688. The average molecular weight is 392 g/mol. The summed E-state index contributed by atoms with van der Waals surface area (Å²) in [6.07, 6.45) is 3.15. The third-order valence-corrected chi connectivity index (χ3v) is 4.69. The van der Waals surface area contributed by atoms with E-state index in [0.717, 1.165) is 24.2 Å². The quantitative estimate of drug-likeness (QED) is 0.408. The van der Waals surface area contributed by atoms with E-state index in [1.54, 1.807) is 6.20 Å². The molecule has 0 saturated heterocycles. The first-order valence-electron chi connectivity index (χ1n) is 9.96. The highest BCUT2D eigenvalue weighted by Gasteiger charge is 2.09. The van der Waals surface area contributed by atoms with Crippen LogP contribution in [0.4, 0.5) is 0 Å². The largest absolute Gasteiger partial charge is 0.387 e. The zero-order valence-electron chi connectivity index (χ0n) is 17.0. The van der Waals surface area contributed by atoms with Crippen molar-refractivity contribution >= 4 is 5.96 Å². The van der Waals surface area contributed by atoms with Crippen LogP contribution in [-0.2, 0) is 13.1 Å². The van der Waals surface area contributed by atoms with E-state index in [9.17, 15) is 5.11 Å². The molecule has 3 N–H and O–H groups in total. The third kappa shape index (κ3) is 6.19. The molecule has 152 valence electrons. The molecular weight excluding hydrogens is 362 g/mol. The van der Waals surface area contributed by atoms with E-state index in [1.165, 1.54) is 11.1 Å². The molecule has 29 heavy (non-hydrogen) atoms. The monoisotopic (exact) mass is 391 g/mol. The number of nitrogens with one attached hydrogen (secondary N) is 2. The van der Waals surface area contributed by atoms with Gasteiger partial charge in [-0.3, -0.25) is 4.68 Å². The number of hydrogen-bond donors (Lipinski definition) is 3. The molecular formula is C23H29N5O. The van der Waals surface area contributed by atoms with E-state index in [4.69, 9.17) is 4.99 Å². The Labute approximate surface area is 172 Å². The van der Waals surface area contributed by atoms with Gasteiger partial charge in [0.15, 0.2) is 5.96 Å². The van der Waals surface area contributed by atoms with Crippen LogP contribution in [-0.4, -0.2) is 33.9 Å². The molecule has 0 spiro atoms. The molecule has 0 aliphatic rings. The van der Waals surface area contributed by atoms with Crippen molar-refractivity contribution in [3.63, 3.8) is 0 Å². The van der Waals surface area contributed by atoms with Gasteiger partial charge in [0.05, 0.1) is 19.2 Å². The second-order valence-corrected chi connectivity index (χ2v) is 6.97. The van der Waals surface area contributed by atoms with Gasteiger partial charge in [-0.15, -0.1) is 0 Å². The van der Waals surface area contributed by atoms with Crippen LogP contribution in [0.5, 0.6) is 0 Å². The fraction of sp³-hybridized carbons (Fsp3) is 0.304. The van der Waals surface area contributed by atoms with Crippen LogP contribution in [0.15, 0.2) is 72.0 Å². The molecule has 2 aromatic carbocycles. The van der Waals surface area contributed by atoms with Crippen LogP contribution in [0, 0.1) is 6.92 Å². The van der Waals surface area contributed by atoms with Crippen LogP contribution in [0.3, 0.4) is 0 Å². The van der Waals surface area contributed by atoms with Crippen molar-refractivity contribution in [3.8, 4) is 0 Å². The normalized spacial score (nSPS) is 12.6. The van der Waals surface area contributed by atoms with Crippen molar-refractivity contribution in [2.45, 2.75) is 33.0 Å². The van der Waals surface area contributed by atoms with Crippen molar-refractivity contribution < 1.29 is 5.11 Å². The summed E-state index contributed by atoms with van der Waals surface area (Å²) < 4.78 is 1.91. The number of aryl methyl sites for hydroxylation is 1. The second kappa shape index (κ2) is 10.4. The van der Waals surface area contributed by atoms with Crippen molar-refractivity contribution in [1.82, 2.24) is 20.4 Å². The Morgan fingerprint density at radius 1 is 1.07 bits per heavy atom. The number of aliphatic hydroxyl groups is 1. The first kappa shape index (κ1) is 20.6. The Bertz CT molecular complexity index is 903. The van der Waals surface area contributed by atoms with Gasteiger partial charge >= 0.3 is 0 Å². The molecule has 0 aliphatic heterocycles. The van der Waals surface area contributed by atoms with Gasteiger partial charge in [-0.2, -0.15) is 5.10 Å². The lowest BCUT2D eigenvalue weighted by Gasteiger charge is -2.16. The molecule has 1 atom stereocenters. The maximum Gasteiger partial charge on any atom is 0.191 e. The smallest absolute Gasteiger partial charge is 0.191 e. The SMILES string of the molecule is CCNC(=NCc1ccccc1Cn1cccn1)NCC(O)c1ccc(C)cc1. The lowest BCUT2D eigenvalue weighted by molar-refractivity contribution is 0.181. The van der Waals surface area contributed by atoms with Crippen molar-refractivity contribution in [3.05, 3.63) is 89.2 Å². The topological polar surface area (TPSA) is 74.5 Å². The summed E-state index contributed by atoms with van der Waals surface area (Å²) in [5, 5.41) is 21.2. The standard InChI is InChI=1S/C23H29N5O/c1-3-24-23(26-16-22(29)19-11-9-18(2)10-12-19)25-15-20-7-4-5-8-21(20)17-28-14-6-13-27-28/h4-14,22,29H,3,15-17H2,1-2H3,(H2,24,25,26). The lowest BCUT2D eigenvalue weighted by Crippen LogP contribution is -2.39. The van der Waals surface area contributed by atoms with E-state index < -0.39 is 6.10 Å². The van der Waals surface area contributed by atoms with Crippen LogP contribution >= 0.6 is 0 Å². The molecule has 0 amide bonds. The molecule has 1 aromatic heterocycles. The maximum absolute atomic E-state index is 10.4. The van der Waals surface area contributed by atoms with Crippen LogP contribution in [0.2, 0.25) is 0 Å². The number of nitrogens with zero attached hydrogens (tertiary/aromatic N) is 3. The first-order chi connectivity index (χ1) is 14.2. The predicted octanol–water partition coefficient (Wildman–Crippen LogP) is 3.03. The summed E-state index contributed by atoms with van der Waals surface area (Å²) in [5.41, 5.74) is 4.41. The number of guanidine groups is 1. The molecule has 1 heterocycles. The zero-order valence-corrected chi connectivity index (χ0v) is 17.0. The fourth-order valence-electron chi connectivity index (χ4n) is 3.04. The van der Waals surface area contributed by atoms with E-state index in [2.05, 4.69) is 27.9 Å². The Hall–Kier alpha value is -3.12. The predicted molar refractivity (Wildman–Crippen MR) is 117 cm³/mol. The number of rotatable bonds is 8. The van der Waals surface area contributed by atoms with Gasteiger partial charge in [0.2, 0.25) is 0 Å². The van der Waals surface area contributed by atoms with Crippen LogP contribution in [0.25, 0.3) is 0 Å². The molecule has 0 aliphatic carbocycles. The highest BCUT2D eigenvalue weighted by Crippen LogP contribution is 2.13.